The molecule has 0 saturated heterocycles. The summed E-state index contributed by atoms with van der Waals surface area (Å²) in [6.45, 7) is 1.73. The molecule has 1 N–H and O–H groups in total. The molecule has 2 amide bonds. The van der Waals surface area contributed by atoms with Crippen LogP contribution in [-0.4, -0.2) is 11.8 Å². The molecule has 156 valence electrons. The first-order valence-electron chi connectivity index (χ1n) is 9.14. The van der Waals surface area contributed by atoms with Crippen LogP contribution in [0.1, 0.15) is 11.1 Å². The lowest BCUT2D eigenvalue weighted by atomic mass is 10.0. The second-order valence-corrected chi connectivity index (χ2v) is 7.25. The molecule has 0 fully saturated rings. The van der Waals surface area contributed by atoms with Crippen molar-refractivity contribution in [2.24, 2.45) is 0 Å². The Hall–Kier alpha value is -3.58. The third kappa shape index (κ3) is 3.68. The SMILES string of the molecule is Cc1c(Cl)cccc1NC1=C(c2ccc(F)cc2)C(=O)N(c2ccc(F)c(F)c2)C1=O. The molecule has 0 saturated carbocycles. The summed E-state index contributed by atoms with van der Waals surface area (Å²) in [5, 5.41) is 3.39. The van der Waals surface area contributed by atoms with Crippen molar-refractivity contribution in [1.29, 1.82) is 0 Å². The molecule has 0 spiro atoms. The van der Waals surface area contributed by atoms with E-state index in [0.717, 1.165) is 35.2 Å². The van der Waals surface area contributed by atoms with Gasteiger partial charge >= 0.3 is 0 Å². The number of amides is 2. The first kappa shape index (κ1) is 20.7. The van der Waals surface area contributed by atoms with Gasteiger partial charge in [0.1, 0.15) is 11.5 Å². The molecule has 1 heterocycles. The van der Waals surface area contributed by atoms with E-state index in [1.54, 1.807) is 25.1 Å². The first-order valence-corrected chi connectivity index (χ1v) is 9.52. The highest BCUT2D eigenvalue weighted by molar-refractivity contribution is 6.46. The van der Waals surface area contributed by atoms with Gasteiger partial charge in [-0.3, -0.25) is 9.59 Å². The van der Waals surface area contributed by atoms with Gasteiger partial charge in [-0.05, 0) is 54.4 Å². The summed E-state index contributed by atoms with van der Waals surface area (Å²) >= 11 is 6.15. The van der Waals surface area contributed by atoms with Gasteiger partial charge in [-0.25, -0.2) is 18.1 Å². The third-order valence-electron chi connectivity index (χ3n) is 4.91. The lowest BCUT2D eigenvalue weighted by Gasteiger charge is -2.16. The monoisotopic (exact) mass is 442 g/mol. The lowest BCUT2D eigenvalue weighted by Crippen LogP contribution is -2.32. The maximum Gasteiger partial charge on any atom is 0.282 e. The molecule has 0 unspecified atom stereocenters. The fraction of sp³-hybridized carbons (Fsp3) is 0.0435. The number of nitrogens with one attached hydrogen (secondary N) is 1. The van der Waals surface area contributed by atoms with E-state index in [2.05, 4.69) is 5.32 Å². The number of halogens is 4. The number of anilines is 2. The fourth-order valence-corrected chi connectivity index (χ4v) is 3.44. The second-order valence-electron chi connectivity index (χ2n) is 6.84. The van der Waals surface area contributed by atoms with Gasteiger partial charge in [0.25, 0.3) is 11.8 Å². The maximum atomic E-state index is 13.8. The molecular weight excluding hydrogens is 429 g/mol. The van der Waals surface area contributed by atoms with Gasteiger partial charge in [0, 0.05) is 16.8 Å². The molecule has 4 nitrogen and oxygen atoms in total. The number of carbonyl (C=O) groups excluding carboxylic acids is 2. The van der Waals surface area contributed by atoms with Crippen molar-refractivity contribution < 1.29 is 22.8 Å². The molecule has 0 radical (unpaired) electrons. The molecule has 1 aliphatic rings. The molecule has 8 heteroatoms. The van der Waals surface area contributed by atoms with E-state index in [0.29, 0.717) is 16.3 Å². The summed E-state index contributed by atoms with van der Waals surface area (Å²) in [6.07, 6.45) is 0. The van der Waals surface area contributed by atoms with Crippen molar-refractivity contribution >= 4 is 40.4 Å². The lowest BCUT2D eigenvalue weighted by molar-refractivity contribution is -0.120. The Morgan fingerprint density at radius 1 is 0.871 bits per heavy atom. The van der Waals surface area contributed by atoms with Gasteiger partial charge in [0.15, 0.2) is 11.6 Å². The minimum absolute atomic E-state index is 0.0332. The Morgan fingerprint density at radius 2 is 1.58 bits per heavy atom. The average molecular weight is 443 g/mol. The van der Waals surface area contributed by atoms with E-state index in [1.807, 2.05) is 0 Å². The summed E-state index contributed by atoms with van der Waals surface area (Å²) < 4.78 is 40.6. The zero-order chi connectivity index (χ0) is 22.3. The zero-order valence-corrected chi connectivity index (χ0v) is 16.8. The van der Waals surface area contributed by atoms with Crippen molar-refractivity contribution in [3.63, 3.8) is 0 Å². The molecule has 3 aromatic rings. The molecule has 31 heavy (non-hydrogen) atoms. The highest BCUT2D eigenvalue weighted by Gasteiger charge is 2.40. The Morgan fingerprint density at radius 3 is 2.26 bits per heavy atom. The quantitative estimate of drug-likeness (QED) is 0.546. The largest absolute Gasteiger partial charge is 0.350 e. The van der Waals surface area contributed by atoms with Crippen LogP contribution >= 0.6 is 11.6 Å². The van der Waals surface area contributed by atoms with E-state index >= 15 is 0 Å². The van der Waals surface area contributed by atoms with Crippen molar-refractivity contribution in [1.82, 2.24) is 0 Å². The maximum absolute atomic E-state index is 13.8. The minimum atomic E-state index is -1.20. The Bertz CT molecular complexity index is 1260. The summed E-state index contributed by atoms with van der Waals surface area (Å²) in [4.78, 5) is 27.2. The number of carbonyl (C=O) groups is 2. The van der Waals surface area contributed by atoms with Gasteiger partial charge in [-0.1, -0.05) is 29.8 Å². The first-order chi connectivity index (χ1) is 14.8. The van der Waals surface area contributed by atoms with Crippen molar-refractivity contribution in [3.05, 3.63) is 100.0 Å². The van der Waals surface area contributed by atoms with E-state index in [4.69, 9.17) is 11.6 Å². The zero-order valence-electron chi connectivity index (χ0n) is 16.0. The van der Waals surface area contributed by atoms with Gasteiger partial charge in [0.2, 0.25) is 0 Å². The summed E-state index contributed by atoms with van der Waals surface area (Å²) in [5.41, 5.74) is 1.15. The van der Waals surface area contributed by atoms with Crippen LogP contribution in [0.25, 0.3) is 5.57 Å². The van der Waals surface area contributed by atoms with Gasteiger partial charge in [-0.2, -0.15) is 0 Å². The highest BCUT2D eigenvalue weighted by atomic mass is 35.5. The number of benzene rings is 3. The van der Waals surface area contributed by atoms with Gasteiger partial charge < -0.3 is 5.32 Å². The fourth-order valence-electron chi connectivity index (χ4n) is 3.27. The number of hydrogen-bond acceptors (Lipinski definition) is 3. The Balaban J connectivity index is 1.85. The van der Waals surface area contributed by atoms with Crippen LogP contribution in [0.4, 0.5) is 24.5 Å². The third-order valence-corrected chi connectivity index (χ3v) is 5.32. The predicted molar refractivity (Wildman–Crippen MR) is 112 cm³/mol. The van der Waals surface area contributed by atoms with Crippen molar-refractivity contribution in [3.8, 4) is 0 Å². The van der Waals surface area contributed by atoms with E-state index < -0.39 is 29.3 Å². The predicted octanol–water partition coefficient (Wildman–Crippen LogP) is 5.46. The normalized spacial score (nSPS) is 13.9. The molecular formula is C23H14ClF3N2O2. The van der Waals surface area contributed by atoms with Crippen LogP contribution in [-0.2, 0) is 9.59 Å². The topological polar surface area (TPSA) is 49.4 Å². The molecule has 4 rings (SSSR count). The highest BCUT2D eigenvalue weighted by Crippen LogP contribution is 2.35. The smallest absolute Gasteiger partial charge is 0.282 e. The van der Waals surface area contributed by atoms with Crippen LogP contribution in [0, 0.1) is 24.4 Å². The summed E-state index contributed by atoms with van der Waals surface area (Å²) in [7, 11) is 0. The van der Waals surface area contributed by atoms with Crippen LogP contribution in [0.2, 0.25) is 5.02 Å². The molecule has 0 aromatic heterocycles. The van der Waals surface area contributed by atoms with Crippen LogP contribution in [0.3, 0.4) is 0 Å². The van der Waals surface area contributed by atoms with E-state index in [1.165, 1.54) is 12.1 Å². The molecule has 3 aromatic carbocycles. The van der Waals surface area contributed by atoms with E-state index in [-0.39, 0.29) is 22.5 Å². The average Bonchev–Trinajstić information content (AvgIpc) is 2.98. The molecule has 0 bridgehead atoms. The van der Waals surface area contributed by atoms with Crippen molar-refractivity contribution in [2.75, 3.05) is 10.2 Å². The van der Waals surface area contributed by atoms with Crippen LogP contribution in [0.5, 0.6) is 0 Å². The Kier molecular flexibility index (Phi) is 5.29. The van der Waals surface area contributed by atoms with Crippen molar-refractivity contribution in [2.45, 2.75) is 6.92 Å². The summed E-state index contributed by atoms with van der Waals surface area (Å²) in [6, 6.07) is 12.8. The summed E-state index contributed by atoms with van der Waals surface area (Å²) in [5.74, 6) is -4.35. The number of rotatable bonds is 4. The van der Waals surface area contributed by atoms with Gasteiger partial charge in [-0.15, -0.1) is 0 Å². The molecule has 1 aliphatic heterocycles. The number of imide groups is 1. The van der Waals surface area contributed by atoms with Crippen LogP contribution < -0.4 is 10.2 Å². The number of nitrogens with zero attached hydrogens (tertiary/aromatic N) is 1. The van der Waals surface area contributed by atoms with Crippen LogP contribution in [0.15, 0.2) is 66.4 Å². The molecule has 0 aliphatic carbocycles. The van der Waals surface area contributed by atoms with Gasteiger partial charge in [0.05, 0.1) is 11.3 Å². The standard InChI is InChI=1S/C23H14ClF3N2O2/c1-12-16(24)3-2-4-19(12)28-21-20(13-5-7-14(25)8-6-13)22(30)29(23(21)31)15-9-10-17(26)18(27)11-15/h2-11,28H,1H3. The van der Waals surface area contributed by atoms with E-state index in [9.17, 15) is 22.8 Å². The number of hydrogen-bond donors (Lipinski definition) is 1. The Labute approximate surface area is 180 Å². The minimum Gasteiger partial charge on any atom is -0.350 e. The molecule has 0 atom stereocenters. The second kappa shape index (κ2) is 7.92.